The van der Waals surface area contributed by atoms with Gasteiger partial charge < -0.3 is 21.0 Å². The van der Waals surface area contributed by atoms with Crippen LogP contribution in [0.4, 0.5) is 0 Å². The normalized spacial score (nSPS) is 9.67. The summed E-state index contributed by atoms with van der Waals surface area (Å²) >= 11 is 0. The Bertz CT molecular complexity index is 359. The molecule has 0 aliphatic heterocycles. The highest BCUT2D eigenvalue weighted by Crippen LogP contribution is 2.02. The number of amides is 1. The molecule has 80 valence electrons. The van der Waals surface area contributed by atoms with Crippen LogP contribution in [-0.4, -0.2) is 18.4 Å². The summed E-state index contributed by atoms with van der Waals surface area (Å²) in [4.78, 5) is 21.4. The van der Waals surface area contributed by atoms with Crippen LogP contribution in [0.25, 0.3) is 0 Å². The van der Waals surface area contributed by atoms with E-state index in [1.165, 1.54) is 0 Å². The second-order valence-electron chi connectivity index (χ2n) is 3.00. The molecule has 15 heavy (non-hydrogen) atoms. The van der Waals surface area contributed by atoms with Crippen molar-refractivity contribution in [3.8, 4) is 0 Å². The molecule has 5 nitrogen and oxygen atoms in total. The second-order valence-corrected chi connectivity index (χ2v) is 3.00. The van der Waals surface area contributed by atoms with Crippen molar-refractivity contribution >= 4 is 11.9 Å². The monoisotopic (exact) mass is 208 g/mol. The number of rotatable bonds is 4. The smallest absolute Gasteiger partial charge is 0.251 e. The predicted octanol–water partition coefficient (Wildman–Crippen LogP) is -2.09. The molecule has 0 heterocycles. The first-order valence-electron chi connectivity index (χ1n) is 4.49. The molecule has 0 saturated heterocycles. The molecular formula is C10H12N2O3. The number of quaternary nitrogens is 1. The van der Waals surface area contributed by atoms with Crippen LogP contribution in [0, 0.1) is 0 Å². The average Bonchev–Trinajstić information content (AvgIpc) is 2.26. The number of carboxylic acids is 1. The zero-order valence-corrected chi connectivity index (χ0v) is 8.16. The van der Waals surface area contributed by atoms with Crippen LogP contribution in [0.2, 0.25) is 0 Å². The average molecular weight is 208 g/mol. The quantitative estimate of drug-likeness (QED) is 0.593. The molecule has 0 bridgehead atoms. The number of carbonyl (C=O) groups excluding carboxylic acids is 2. The number of benzene rings is 1. The molecule has 1 aromatic carbocycles. The van der Waals surface area contributed by atoms with E-state index in [0.29, 0.717) is 12.1 Å². The zero-order chi connectivity index (χ0) is 11.3. The minimum Gasteiger partial charge on any atom is -0.548 e. The fourth-order valence-electron chi connectivity index (χ4n) is 1.08. The Morgan fingerprint density at radius 2 is 1.87 bits per heavy atom. The second kappa shape index (κ2) is 5.11. The number of carboxylic acid groups (broad SMARTS) is 1. The summed E-state index contributed by atoms with van der Waals surface area (Å²) in [5, 5.41) is 12.3. The Hall–Kier alpha value is -1.88. The van der Waals surface area contributed by atoms with E-state index in [0.717, 1.165) is 5.56 Å². The van der Waals surface area contributed by atoms with Crippen molar-refractivity contribution in [3.05, 3.63) is 35.4 Å². The standard InChI is InChI=1S/C10H12N2O3/c11-5-7-1-3-8(4-2-7)10(15)12-6-9(13)14/h1-4H,5-6,11H2,(H,12,15)(H,13,14). The van der Waals surface area contributed by atoms with Crippen molar-refractivity contribution in [3.63, 3.8) is 0 Å². The maximum absolute atomic E-state index is 11.3. The van der Waals surface area contributed by atoms with Crippen LogP contribution in [0.3, 0.4) is 0 Å². The van der Waals surface area contributed by atoms with Crippen LogP contribution in [0.5, 0.6) is 0 Å². The maximum Gasteiger partial charge on any atom is 0.251 e. The molecular weight excluding hydrogens is 196 g/mol. The van der Waals surface area contributed by atoms with Gasteiger partial charge in [-0.2, -0.15) is 0 Å². The Balaban J connectivity index is 2.62. The molecule has 1 amide bonds. The summed E-state index contributed by atoms with van der Waals surface area (Å²) in [6, 6.07) is 6.82. The van der Waals surface area contributed by atoms with Gasteiger partial charge in [0.15, 0.2) is 0 Å². The van der Waals surface area contributed by atoms with E-state index < -0.39 is 18.4 Å². The van der Waals surface area contributed by atoms with Crippen molar-refractivity contribution in [2.75, 3.05) is 6.54 Å². The molecule has 0 aliphatic rings. The van der Waals surface area contributed by atoms with Gasteiger partial charge in [-0.05, 0) is 12.1 Å². The summed E-state index contributed by atoms with van der Waals surface area (Å²) in [5.41, 5.74) is 5.15. The van der Waals surface area contributed by atoms with Crippen LogP contribution in [0.15, 0.2) is 24.3 Å². The van der Waals surface area contributed by atoms with Crippen molar-refractivity contribution < 1.29 is 20.4 Å². The summed E-state index contributed by atoms with van der Waals surface area (Å²) in [7, 11) is 0. The van der Waals surface area contributed by atoms with Gasteiger partial charge in [0.2, 0.25) is 0 Å². The van der Waals surface area contributed by atoms with Gasteiger partial charge in [0.05, 0.1) is 19.1 Å². The van der Waals surface area contributed by atoms with Crippen LogP contribution in [0.1, 0.15) is 15.9 Å². The molecule has 0 unspecified atom stereocenters. The van der Waals surface area contributed by atoms with Gasteiger partial charge in [0.25, 0.3) is 5.91 Å². The highest BCUT2D eigenvalue weighted by molar-refractivity contribution is 5.95. The van der Waals surface area contributed by atoms with Gasteiger partial charge in [-0.1, -0.05) is 12.1 Å². The van der Waals surface area contributed by atoms with Crippen molar-refractivity contribution in [1.82, 2.24) is 5.32 Å². The van der Waals surface area contributed by atoms with Crippen LogP contribution >= 0.6 is 0 Å². The molecule has 0 fully saturated rings. The molecule has 5 heteroatoms. The summed E-state index contributed by atoms with van der Waals surface area (Å²) < 4.78 is 0. The largest absolute Gasteiger partial charge is 0.548 e. The van der Waals surface area contributed by atoms with Gasteiger partial charge in [0, 0.05) is 11.1 Å². The number of aliphatic carboxylic acids is 1. The lowest BCUT2D eigenvalue weighted by atomic mass is 10.1. The van der Waals surface area contributed by atoms with Crippen molar-refractivity contribution in [2.45, 2.75) is 6.54 Å². The maximum atomic E-state index is 11.3. The summed E-state index contributed by atoms with van der Waals surface area (Å²) in [6.45, 7) is 0.177. The molecule has 0 aromatic heterocycles. The van der Waals surface area contributed by atoms with Gasteiger partial charge in [-0.25, -0.2) is 0 Å². The predicted molar refractivity (Wildman–Crippen MR) is 50.4 cm³/mol. The zero-order valence-electron chi connectivity index (χ0n) is 8.16. The lowest BCUT2D eigenvalue weighted by Gasteiger charge is -2.05. The van der Waals surface area contributed by atoms with E-state index >= 15 is 0 Å². The minimum atomic E-state index is -1.31. The number of hydrogen-bond donors (Lipinski definition) is 2. The van der Waals surface area contributed by atoms with Crippen molar-refractivity contribution in [2.24, 2.45) is 0 Å². The SMILES string of the molecule is [NH3+]Cc1ccc(C(=O)NCC(=O)[O-])cc1. The molecule has 0 saturated carbocycles. The number of carbonyl (C=O) groups is 2. The number of hydrogen-bond acceptors (Lipinski definition) is 3. The third-order valence-corrected chi connectivity index (χ3v) is 1.90. The van der Waals surface area contributed by atoms with Gasteiger partial charge in [-0.3, -0.25) is 4.79 Å². The number of nitrogens with one attached hydrogen (secondary N) is 1. The van der Waals surface area contributed by atoms with Crippen LogP contribution < -0.4 is 16.2 Å². The van der Waals surface area contributed by atoms with Gasteiger partial charge in [-0.15, -0.1) is 0 Å². The molecule has 0 aliphatic carbocycles. The first kappa shape index (κ1) is 11.2. The molecule has 1 rings (SSSR count). The highest BCUT2D eigenvalue weighted by atomic mass is 16.4. The minimum absolute atomic E-state index is 0.421. The third-order valence-electron chi connectivity index (χ3n) is 1.90. The summed E-state index contributed by atoms with van der Waals surface area (Å²) in [6.07, 6.45) is 0. The van der Waals surface area contributed by atoms with E-state index in [4.69, 9.17) is 0 Å². The first-order valence-corrected chi connectivity index (χ1v) is 4.49. The van der Waals surface area contributed by atoms with E-state index in [-0.39, 0.29) is 0 Å². The summed E-state index contributed by atoms with van der Waals surface area (Å²) in [5.74, 6) is -1.73. The fraction of sp³-hybridized carbons (Fsp3) is 0.200. The topological polar surface area (TPSA) is 96.9 Å². The van der Waals surface area contributed by atoms with E-state index in [1.807, 2.05) is 0 Å². The Morgan fingerprint density at radius 1 is 1.27 bits per heavy atom. The van der Waals surface area contributed by atoms with Gasteiger partial charge >= 0.3 is 0 Å². The Kier molecular flexibility index (Phi) is 3.82. The van der Waals surface area contributed by atoms with E-state index in [2.05, 4.69) is 11.1 Å². The van der Waals surface area contributed by atoms with E-state index in [1.54, 1.807) is 24.3 Å². The molecule has 1 aromatic rings. The lowest BCUT2D eigenvalue weighted by Crippen LogP contribution is -2.47. The first-order chi connectivity index (χ1) is 7.13. The van der Waals surface area contributed by atoms with E-state index in [9.17, 15) is 14.7 Å². The van der Waals surface area contributed by atoms with Gasteiger partial charge in [0.1, 0.15) is 0 Å². The fourth-order valence-corrected chi connectivity index (χ4v) is 1.08. The molecule has 0 atom stereocenters. The van der Waals surface area contributed by atoms with Crippen molar-refractivity contribution in [1.29, 1.82) is 0 Å². The molecule has 0 radical (unpaired) electrons. The molecule has 0 spiro atoms. The Labute approximate surface area is 86.9 Å². The van der Waals surface area contributed by atoms with Crippen LogP contribution in [-0.2, 0) is 11.3 Å². The third kappa shape index (κ3) is 3.40. The molecule has 4 N–H and O–H groups in total. The lowest BCUT2D eigenvalue weighted by molar-refractivity contribution is -0.386. The Morgan fingerprint density at radius 3 is 2.33 bits per heavy atom. The highest BCUT2D eigenvalue weighted by Gasteiger charge is 2.04.